The predicted octanol–water partition coefficient (Wildman–Crippen LogP) is 3.99. The summed E-state index contributed by atoms with van der Waals surface area (Å²) in [7, 11) is 1.59. The molecule has 0 unspecified atom stereocenters. The number of fused-ring (bicyclic) bond motifs is 3. The highest BCUT2D eigenvalue weighted by molar-refractivity contribution is 6.22. The molecular formula is C24H21N3O3. The SMILES string of the molecule is CCN1C(=O)[C@]2(Nc3ccccc3C(=O)N2c2ccc(OC)cc2)c2ccccc21. The van der Waals surface area contributed by atoms with Crippen molar-refractivity contribution in [3.63, 3.8) is 0 Å². The molecule has 1 N–H and O–H groups in total. The summed E-state index contributed by atoms with van der Waals surface area (Å²) >= 11 is 0. The van der Waals surface area contributed by atoms with Crippen molar-refractivity contribution < 1.29 is 14.3 Å². The van der Waals surface area contributed by atoms with Crippen molar-refractivity contribution >= 4 is 28.9 Å². The molecule has 5 rings (SSSR count). The molecule has 2 aliphatic heterocycles. The summed E-state index contributed by atoms with van der Waals surface area (Å²) in [5.74, 6) is 0.277. The standard InChI is InChI=1S/C24H21N3O3/c1-3-26-21-11-7-5-9-19(21)24(23(26)29)25-20-10-6-4-8-18(20)22(28)27(24)16-12-14-17(30-2)15-13-16/h4-15,25H,3H2,1-2H3/t24-/m0/s1. The van der Waals surface area contributed by atoms with Crippen molar-refractivity contribution in [3.8, 4) is 5.75 Å². The number of rotatable bonds is 3. The highest BCUT2D eigenvalue weighted by Crippen LogP contribution is 2.49. The zero-order valence-corrected chi connectivity index (χ0v) is 16.8. The van der Waals surface area contributed by atoms with E-state index in [0.717, 1.165) is 11.3 Å². The Morgan fingerprint density at radius 1 is 0.933 bits per heavy atom. The minimum absolute atomic E-state index is 0.176. The first-order chi connectivity index (χ1) is 14.6. The van der Waals surface area contributed by atoms with Gasteiger partial charge >= 0.3 is 0 Å². The second-order valence-corrected chi connectivity index (χ2v) is 7.29. The van der Waals surface area contributed by atoms with Crippen LogP contribution in [0.1, 0.15) is 22.8 Å². The summed E-state index contributed by atoms with van der Waals surface area (Å²) in [6, 6.07) is 22.1. The predicted molar refractivity (Wildman–Crippen MR) is 116 cm³/mol. The van der Waals surface area contributed by atoms with Crippen LogP contribution in [0, 0.1) is 0 Å². The second kappa shape index (κ2) is 6.62. The lowest BCUT2D eigenvalue weighted by Gasteiger charge is -2.45. The average molecular weight is 399 g/mol. The Labute approximate surface area is 174 Å². The third-order valence-corrected chi connectivity index (χ3v) is 5.80. The fourth-order valence-corrected chi connectivity index (χ4v) is 4.43. The van der Waals surface area contributed by atoms with Crippen LogP contribution in [-0.2, 0) is 10.5 Å². The lowest BCUT2D eigenvalue weighted by molar-refractivity contribution is -0.122. The first-order valence-electron chi connectivity index (χ1n) is 9.89. The van der Waals surface area contributed by atoms with E-state index in [1.54, 1.807) is 47.2 Å². The maximum Gasteiger partial charge on any atom is 0.279 e. The Morgan fingerprint density at radius 3 is 2.37 bits per heavy atom. The number of methoxy groups -OCH3 is 1. The molecule has 0 bridgehead atoms. The summed E-state index contributed by atoms with van der Waals surface area (Å²) in [5, 5.41) is 3.43. The van der Waals surface area contributed by atoms with Crippen LogP contribution in [0.25, 0.3) is 0 Å². The largest absolute Gasteiger partial charge is 0.497 e. The van der Waals surface area contributed by atoms with Gasteiger partial charge in [0.25, 0.3) is 11.8 Å². The molecule has 0 saturated heterocycles. The molecule has 30 heavy (non-hydrogen) atoms. The van der Waals surface area contributed by atoms with E-state index in [-0.39, 0.29) is 11.8 Å². The van der Waals surface area contributed by atoms with E-state index in [9.17, 15) is 9.59 Å². The number of ether oxygens (including phenoxy) is 1. The quantitative estimate of drug-likeness (QED) is 0.724. The first kappa shape index (κ1) is 18.2. The number of nitrogens with one attached hydrogen (secondary N) is 1. The Balaban J connectivity index is 1.80. The Kier molecular flexibility index (Phi) is 4.03. The van der Waals surface area contributed by atoms with Crippen molar-refractivity contribution in [1.29, 1.82) is 0 Å². The average Bonchev–Trinajstić information content (AvgIpc) is 3.02. The van der Waals surface area contributed by atoms with Gasteiger partial charge in [-0.05, 0) is 49.4 Å². The van der Waals surface area contributed by atoms with Crippen LogP contribution in [0.3, 0.4) is 0 Å². The molecule has 6 nitrogen and oxygen atoms in total. The van der Waals surface area contributed by atoms with Crippen LogP contribution in [0.5, 0.6) is 5.75 Å². The molecular weight excluding hydrogens is 378 g/mol. The molecule has 0 fully saturated rings. The number of benzene rings is 3. The van der Waals surface area contributed by atoms with Crippen LogP contribution in [0.15, 0.2) is 72.8 Å². The molecule has 3 aromatic rings. The van der Waals surface area contributed by atoms with Crippen molar-refractivity contribution in [2.75, 3.05) is 28.8 Å². The first-order valence-corrected chi connectivity index (χ1v) is 9.89. The molecule has 2 aliphatic rings. The van der Waals surface area contributed by atoms with E-state index in [1.807, 2.05) is 49.4 Å². The number of likely N-dealkylation sites (N-methyl/N-ethyl adjacent to an activating group) is 1. The van der Waals surface area contributed by atoms with E-state index < -0.39 is 5.66 Å². The molecule has 1 atom stereocenters. The Bertz CT molecular complexity index is 1160. The normalized spacial score (nSPS) is 19.5. The summed E-state index contributed by atoms with van der Waals surface area (Å²) in [4.78, 5) is 30.9. The summed E-state index contributed by atoms with van der Waals surface area (Å²) < 4.78 is 5.27. The van der Waals surface area contributed by atoms with Gasteiger partial charge in [-0.1, -0.05) is 30.3 Å². The molecule has 0 aliphatic carbocycles. The fraction of sp³-hybridized carbons (Fsp3) is 0.167. The van der Waals surface area contributed by atoms with Crippen molar-refractivity contribution in [1.82, 2.24) is 0 Å². The van der Waals surface area contributed by atoms with E-state index >= 15 is 0 Å². The Hall–Kier alpha value is -3.80. The monoisotopic (exact) mass is 399 g/mol. The fourth-order valence-electron chi connectivity index (χ4n) is 4.43. The number of carbonyl (C=O) groups is 2. The third-order valence-electron chi connectivity index (χ3n) is 5.80. The minimum atomic E-state index is -1.35. The Morgan fingerprint density at radius 2 is 1.63 bits per heavy atom. The van der Waals surface area contributed by atoms with Crippen LogP contribution < -0.4 is 19.9 Å². The van der Waals surface area contributed by atoms with Gasteiger partial charge in [0.15, 0.2) is 0 Å². The van der Waals surface area contributed by atoms with E-state index in [2.05, 4.69) is 5.32 Å². The van der Waals surface area contributed by atoms with Gasteiger partial charge < -0.3 is 15.0 Å². The van der Waals surface area contributed by atoms with Crippen LogP contribution in [0.2, 0.25) is 0 Å². The number of hydrogen-bond donors (Lipinski definition) is 1. The van der Waals surface area contributed by atoms with Gasteiger partial charge in [-0.3, -0.25) is 14.5 Å². The van der Waals surface area contributed by atoms with Crippen LogP contribution in [-0.4, -0.2) is 25.5 Å². The highest BCUT2D eigenvalue weighted by Gasteiger charge is 2.59. The van der Waals surface area contributed by atoms with Crippen molar-refractivity contribution in [2.24, 2.45) is 0 Å². The van der Waals surface area contributed by atoms with Gasteiger partial charge in [-0.15, -0.1) is 0 Å². The lowest BCUT2D eigenvalue weighted by atomic mass is 9.92. The number of para-hydroxylation sites is 2. The number of amides is 2. The number of carbonyl (C=O) groups excluding carboxylic acids is 2. The molecule has 0 saturated carbocycles. The molecule has 1 spiro atoms. The summed E-state index contributed by atoms with van der Waals surface area (Å²) in [5.41, 5.74) is 2.00. The van der Waals surface area contributed by atoms with E-state index in [0.29, 0.717) is 29.2 Å². The number of anilines is 3. The second-order valence-electron chi connectivity index (χ2n) is 7.29. The summed E-state index contributed by atoms with van der Waals surface area (Å²) in [6.45, 7) is 2.44. The summed E-state index contributed by atoms with van der Waals surface area (Å²) in [6.07, 6.45) is 0. The smallest absolute Gasteiger partial charge is 0.279 e. The highest BCUT2D eigenvalue weighted by atomic mass is 16.5. The minimum Gasteiger partial charge on any atom is -0.497 e. The van der Waals surface area contributed by atoms with Gasteiger partial charge in [0, 0.05) is 23.5 Å². The number of hydrogen-bond acceptors (Lipinski definition) is 4. The van der Waals surface area contributed by atoms with Crippen molar-refractivity contribution in [2.45, 2.75) is 12.6 Å². The molecule has 0 radical (unpaired) electrons. The zero-order chi connectivity index (χ0) is 20.9. The lowest BCUT2D eigenvalue weighted by Crippen LogP contribution is -2.63. The van der Waals surface area contributed by atoms with E-state index in [1.165, 1.54) is 0 Å². The van der Waals surface area contributed by atoms with Crippen molar-refractivity contribution in [3.05, 3.63) is 83.9 Å². The molecule has 0 aromatic heterocycles. The van der Waals surface area contributed by atoms with Crippen LogP contribution >= 0.6 is 0 Å². The van der Waals surface area contributed by atoms with Crippen LogP contribution in [0.4, 0.5) is 17.1 Å². The number of nitrogens with zero attached hydrogens (tertiary/aromatic N) is 2. The van der Waals surface area contributed by atoms with Gasteiger partial charge in [0.05, 0.1) is 18.4 Å². The van der Waals surface area contributed by atoms with Gasteiger partial charge in [-0.25, -0.2) is 0 Å². The molecule has 2 amide bonds. The maximum absolute atomic E-state index is 13.9. The molecule has 6 heteroatoms. The molecule has 3 aromatic carbocycles. The molecule has 150 valence electrons. The van der Waals surface area contributed by atoms with Gasteiger partial charge in [0.1, 0.15) is 5.75 Å². The van der Waals surface area contributed by atoms with Gasteiger partial charge in [-0.2, -0.15) is 0 Å². The van der Waals surface area contributed by atoms with E-state index in [4.69, 9.17) is 4.74 Å². The zero-order valence-electron chi connectivity index (χ0n) is 16.8. The van der Waals surface area contributed by atoms with Gasteiger partial charge in [0.2, 0.25) is 5.66 Å². The topological polar surface area (TPSA) is 61.9 Å². The maximum atomic E-state index is 13.9. The molecule has 2 heterocycles. The third kappa shape index (κ3) is 2.30.